The molecule has 0 N–H and O–H groups in total. The first-order valence-corrected chi connectivity index (χ1v) is 7.23. The summed E-state index contributed by atoms with van der Waals surface area (Å²) in [5, 5.41) is 0.972. The van der Waals surface area contributed by atoms with Gasteiger partial charge in [-0.05, 0) is 31.0 Å². The lowest BCUT2D eigenvalue weighted by Gasteiger charge is -2.31. The van der Waals surface area contributed by atoms with E-state index in [0.717, 1.165) is 25.9 Å². The number of carbonyl (C=O) groups excluding carboxylic acids is 1. The minimum Gasteiger partial charge on any atom is -0.372 e. The van der Waals surface area contributed by atoms with E-state index in [4.69, 9.17) is 27.9 Å². The van der Waals surface area contributed by atoms with Crippen LogP contribution in [0.2, 0.25) is 10.0 Å². The SMILES string of the molecule is O=C(CN1CC2CCC(C1)O2)c1ccc(Cl)cc1Cl. The zero-order valence-electron chi connectivity index (χ0n) is 10.4. The number of Topliss-reactive ketones (excluding diaryl/α,β-unsaturated/α-hetero) is 1. The van der Waals surface area contributed by atoms with E-state index in [2.05, 4.69) is 4.90 Å². The van der Waals surface area contributed by atoms with Gasteiger partial charge in [-0.25, -0.2) is 0 Å². The van der Waals surface area contributed by atoms with Crippen molar-refractivity contribution >= 4 is 29.0 Å². The van der Waals surface area contributed by atoms with Crippen molar-refractivity contribution in [2.75, 3.05) is 19.6 Å². The highest BCUT2D eigenvalue weighted by molar-refractivity contribution is 6.36. The topological polar surface area (TPSA) is 29.5 Å². The molecule has 5 heteroatoms. The number of ketones is 1. The molecule has 102 valence electrons. The number of fused-ring (bicyclic) bond motifs is 2. The average molecular weight is 300 g/mol. The third-order valence-electron chi connectivity index (χ3n) is 3.72. The number of rotatable bonds is 3. The molecule has 2 bridgehead atoms. The first kappa shape index (κ1) is 13.4. The average Bonchev–Trinajstić information content (AvgIpc) is 2.68. The lowest BCUT2D eigenvalue weighted by Crippen LogP contribution is -2.44. The van der Waals surface area contributed by atoms with Crippen LogP contribution in [0.15, 0.2) is 18.2 Å². The number of carbonyl (C=O) groups is 1. The van der Waals surface area contributed by atoms with Crippen LogP contribution >= 0.6 is 23.2 Å². The summed E-state index contributed by atoms with van der Waals surface area (Å²) in [5.74, 6) is 0.0444. The van der Waals surface area contributed by atoms with E-state index in [1.807, 2.05) is 0 Å². The van der Waals surface area contributed by atoms with E-state index >= 15 is 0 Å². The molecule has 2 atom stereocenters. The van der Waals surface area contributed by atoms with Crippen LogP contribution in [0, 0.1) is 0 Å². The summed E-state index contributed by atoms with van der Waals surface area (Å²) in [4.78, 5) is 14.4. The summed E-state index contributed by atoms with van der Waals surface area (Å²) in [6.45, 7) is 2.08. The van der Waals surface area contributed by atoms with Crippen molar-refractivity contribution in [2.45, 2.75) is 25.0 Å². The maximum atomic E-state index is 12.3. The summed E-state index contributed by atoms with van der Waals surface area (Å²) >= 11 is 11.9. The van der Waals surface area contributed by atoms with E-state index < -0.39 is 0 Å². The Morgan fingerprint density at radius 3 is 2.58 bits per heavy atom. The summed E-state index contributed by atoms with van der Waals surface area (Å²) in [6.07, 6.45) is 2.81. The Hall–Kier alpha value is -0.610. The van der Waals surface area contributed by atoms with Crippen LogP contribution in [0.25, 0.3) is 0 Å². The Labute approximate surface area is 122 Å². The Bertz CT molecular complexity index is 494. The van der Waals surface area contributed by atoms with Gasteiger partial charge in [0.25, 0.3) is 0 Å². The van der Waals surface area contributed by atoms with Gasteiger partial charge in [-0.2, -0.15) is 0 Å². The standard InChI is InChI=1S/C14H15Cl2NO2/c15-9-1-4-12(13(16)5-9)14(18)8-17-6-10-2-3-11(7-17)19-10/h1,4-5,10-11H,2-3,6-8H2. The normalized spacial score (nSPS) is 26.6. The third-order valence-corrected chi connectivity index (χ3v) is 4.27. The second-order valence-electron chi connectivity index (χ2n) is 5.20. The Kier molecular flexibility index (Phi) is 3.81. The summed E-state index contributed by atoms with van der Waals surface area (Å²) < 4.78 is 5.76. The fourth-order valence-corrected chi connectivity index (χ4v) is 3.35. The molecule has 2 aliphatic heterocycles. The molecular weight excluding hydrogens is 285 g/mol. The van der Waals surface area contributed by atoms with E-state index in [1.54, 1.807) is 18.2 Å². The maximum Gasteiger partial charge on any atom is 0.178 e. The first-order valence-electron chi connectivity index (χ1n) is 6.48. The number of likely N-dealkylation sites (tertiary alicyclic amines) is 1. The molecule has 19 heavy (non-hydrogen) atoms. The second kappa shape index (κ2) is 5.41. The molecule has 0 aliphatic carbocycles. The number of nitrogens with zero attached hydrogens (tertiary/aromatic N) is 1. The zero-order valence-corrected chi connectivity index (χ0v) is 12.0. The van der Waals surface area contributed by atoms with Crippen molar-refractivity contribution in [3.8, 4) is 0 Å². The molecule has 0 saturated carbocycles. The third kappa shape index (κ3) is 2.95. The van der Waals surface area contributed by atoms with Crippen LogP contribution in [0.5, 0.6) is 0 Å². The molecule has 2 aliphatic rings. The molecule has 2 heterocycles. The Balaban J connectivity index is 1.68. The van der Waals surface area contributed by atoms with Crippen LogP contribution in [0.3, 0.4) is 0 Å². The summed E-state index contributed by atoms with van der Waals surface area (Å²) in [6, 6.07) is 5.01. The second-order valence-corrected chi connectivity index (χ2v) is 6.04. The van der Waals surface area contributed by atoms with Gasteiger partial charge in [0.15, 0.2) is 5.78 Å². The first-order chi connectivity index (χ1) is 9.11. The predicted molar refractivity (Wildman–Crippen MR) is 75.1 cm³/mol. The lowest BCUT2D eigenvalue weighted by atomic mass is 10.1. The van der Waals surface area contributed by atoms with Gasteiger partial charge in [0.1, 0.15) is 0 Å². The molecule has 1 aromatic rings. The zero-order chi connectivity index (χ0) is 13.4. The molecule has 2 saturated heterocycles. The number of hydrogen-bond acceptors (Lipinski definition) is 3. The number of ether oxygens (including phenoxy) is 1. The molecule has 3 nitrogen and oxygen atoms in total. The molecule has 0 spiro atoms. The molecule has 3 rings (SSSR count). The lowest BCUT2D eigenvalue weighted by molar-refractivity contribution is -0.0355. The minimum absolute atomic E-state index is 0.0444. The molecular formula is C14H15Cl2NO2. The van der Waals surface area contributed by atoms with Crippen molar-refractivity contribution in [3.05, 3.63) is 33.8 Å². The van der Waals surface area contributed by atoms with E-state index in [0.29, 0.717) is 34.4 Å². The molecule has 0 aromatic heterocycles. The van der Waals surface area contributed by atoms with Crippen LogP contribution in [-0.4, -0.2) is 42.5 Å². The van der Waals surface area contributed by atoms with Gasteiger partial charge in [0.2, 0.25) is 0 Å². The van der Waals surface area contributed by atoms with Crippen LogP contribution in [0.4, 0.5) is 0 Å². The van der Waals surface area contributed by atoms with Gasteiger partial charge >= 0.3 is 0 Å². The van der Waals surface area contributed by atoms with Crippen LogP contribution < -0.4 is 0 Å². The highest BCUT2D eigenvalue weighted by Crippen LogP contribution is 2.27. The molecule has 1 aromatic carbocycles. The van der Waals surface area contributed by atoms with Crippen molar-refractivity contribution in [2.24, 2.45) is 0 Å². The van der Waals surface area contributed by atoms with Crippen molar-refractivity contribution in [1.29, 1.82) is 0 Å². The smallest absolute Gasteiger partial charge is 0.178 e. The number of halogens is 2. The van der Waals surface area contributed by atoms with Crippen LogP contribution in [0.1, 0.15) is 23.2 Å². The largest absolute Gasteiger partial charge is 0.372 e. The molecule has 0 amide bonds. The number of benzene rings is 1. The molecule has 0 radical (unpaired) electrons. The molecule has 2 unspecified atom stereocenters. The van der Waals surface area contributed by atoms with Crippen molar-refractivity contribution in [1.82, 2.24) is 4.90 Å². The Morgan fingerprint density at radius 2 is 1.95 bits per heavy atom. The van der Waals surface area contributed by atoms with E-state index in [-0.39, 0.29) is 5.78 Å². The predicted octanol–water partition coefficient (Wildman–Crippen LogP) is 3.04. The quantitative estimate of drug-likeness (QED) is 0.804. The fourth-order valence-electron chi connectivity index (χ4n) is 2.83. The van der Waals surface area contributed by atoms with E-state index in [1.165, 1.54) is 0 Å². The van der Waals surface area contributed by atoms with Gasteiger partial charge < -0.3 is 4.74 Å². The maximum absolute atomic E-state index is 12.3. The Morgan fingerprint density at radius 1 is 1.26 bits per heavy atom. The molecule has 2 fully saturated rings. The summed E-state index contributed by atoms with van der Waals surface area (Å²) in [5.41, 5.74) is 0.546. The van der Waals surface area contributed by atoms with Gasteiger partial charge in [-0.1, -0.05) is 23.2 Å². The van der Waals surface area contributed by atoms with Gasteiger partial charge in [0.05, 0.1) is 23.8 Å². The van der Waals surface area contributed by atoms with Crippen molar-refractivity contribution in [3.63, 3.8) is 0 Å². The number of morpholine rings is 1. The highest BCUT2D eigenvalue weighted by Gasteiger charge is 2.34. The number of hydrogen-bond donors (Lipinski definition) is 0. The summed E-state index contributed by atoms with van der Waals surface area (Å²) in [7, 11) is 0. The van der Waals surface area contributed by atoms with Gasteiger partial charge in [-0.3, -0.25) is 9.69 Å². The van der Waals surface area contributed by atoms with Gasteiger partial charge in [-0.15, -0.1) is 0 Å². The fraction of sp³-hybridized carbons (Fsp3) is 0.500. The monoisotopic (exact) mass is 299 g/mol. The minimum atomic E-state index is 0.0444. The van der Waals surface area contributed by atoms with Gasteiger partial charge in [0, 0.05) is 23.7 Å². The van der Waals surface area contributed by atoms with E-state index in [9.17, 15) is 4.79 Å². The van der Waals surface area contributed by atoms with Crippen LogP contribution in [-0.2, 0) is 4.74 Å². The van der Waals surface area contributed by atoms with Crippen molar-refractivity contribution < 1.29 is 9.53 Å². The highest BCUT2D eigenvalue weighted by atomic mass is 35.5.